The van der Waals surface area contributed by atoms with E-state index < -0.39 is 29.2 Å². The quantitative estimate of drug-likeness (QED) is 0.0704. The van der Waals surface area contributed by atoms with E-state index in [-0.39, 0.29) is 39.7 Å². The Labute approximate surface area is 287 Å². The molecule has 2 atom stereocenters. The van der Waals surface area contributed by atoms with E-state index in [0.29, 0.717) is 28.8 Å². The smallest absolute Gasteiger partial charge is 0.336 e. The summed E-state index contributed by atoms with van der Waals surface area (Å²) < 4.78 is 0. The molecular weight excluding hydrogens is 634 g/mol. The van der Waals surface area contributed by atoms with Gasteiger partial charge in [-0.15, -0.1) is 0 Å². The number of aromatic carboxylic acids is 2. The average Bonchev–Trinajstić information content (AvgIpc) is 3.11. The third kappa shape index (κ3) is 6.27. The van der Waals surface area contributed by atoms with Crippen molar-refractivity contribution in [2.24, 2.45) is 11.5 Å². The molecule has 0 bridgehead atoms. The molecule has 1 heterocycles. The maximum Gasteiger partial charge on any atom is 0.336 e. The van der Waals surface area contributed by atoms with Crippen LogP contribution in [0.2, 0.25) is 0 Å². The first-order chi connectivity index (χ1) is 23.9. The molecule has 11 nitrogen and oxygen atoms in total. The highest BCUT2D eigenvalue weighted by Gasteiger charge is 2.39. The second-order valence-corrected chi connectivity index (χ2v) is 12.4. The van der Waals surface area contributed by atoms with Crippen LogP contribution in [0.4, 0.5) is 11.4 Å². The van der Waals surface area contributed by atoms with E-state index in [4.69, 9.17) is 16.9 Å². The van der Waals surface area contributed by atoms with Crippen molar-refractivity contribution in [3.05, 3.63) is 154 Å². The number of carbonyl (C=O) groups excluding carboxylic acids is 2. The molecular formula is C39H33N5O6. The first-order valence-electron chi connectivity index (χ1n) is 15.6. The lowest BCUT2D eigenvalue weighted by Gasteiger charge is -2.42. The second-order valence-electron chi connectivity index (χ2n) is 12.4. The number of anilines is 2. The molecule has 9 N–H and O–H groups in total. The molecule has 0 aliphatic carbocycles. The summed E-state index contributed by atoms with van der Waals surface area (Å²) >= 11 is 0. The Hall–Kier alpha value is -6.75. The van der Waals surface area contributed by atoms with E-state index >= 15 is 0 Å². The molecule has 5 aromatic carbocycles. The lowest BCUT2D eigenvalue weighted by molar-refractivity contribution is 0.0685. The maximum atomic E-state index is 13.5. The summed E-state index contributed by atoms with van der Waals surface area (Å²) in [6.45, 7) is 2.11. The largest absolute Gasteiger partial charge is 0.478 e. The van der Waals surface area contributed by atoms with Crippen LogP contribution in [-0.2, 0) is 5.41 Å². The van der Waals surface area contributed by atoms with Crippen LogP contribution in [0.3, 0.4) is 0 Å². The number of amides is 2. The number of carboxylic acid groups (broad SMARTS) is 2. The van der Waals surface area contributed by atoms with E-state index in [9.17, 15) is 29.4 Å². The molecule has 5 aromatic rings. The number of nitrogen functional groups attached to an aromatic ring is 1. The minimum atomic E-state index is -1.28. The Balaban J connectivity index is 1.52. The third-order valence-electron chi connectivity index (χ3n) is 9.14. The lowest BCUT2D eigenvalue weighted by Crippen LogP contribution is -2.35. The van der Waals surface area contributed by atoms with Gasteiger partial charge in [0.15, 0.2) is 0 Å². The Bertz CT molecular complexity index is 2220. The summed E-state index contributed by atoms with van der Waals surface area (Å²) in [7, 11) is 0. The van der Waals surface area contributed by atoms with Crippen LogP contribution >= 0.6 is 0 Å². The number of nitrogens with one attached hydrogen (secondary N) is 3. The van der Waals surface area contributed by atoms with Crippen molar-refractivity contribution in [3.8, 4) is 11.1 Å². The minimum Gasteiger partial charge on any atom is -0.478 e. The zero-order valence-electron chi connectivity index (χ0n) is 26.9. The van der Waals surface area contributed by atoms with Crippen molar-refractivity contribution in [1.29, 1.82) is 5.41 Å². The van der Waals surface area contributed by atoms with Crippen molar-refractivity contribution in [1.82, 2.24) is 0 Å². The third-order valence-corrected chi connectivity index (χ3v) is 9.14. The van der Waals surface area contributed by atoms with Crippen LogP contribution in [0.25, 0.3) is 11.1 Å². The van der Waals surface area contributed by atoms with Crippen LogP contribution in [0.5, 0.6) is 0 Å². The first kappa shape index (κ1) is 33.2. The number of hydrogen-bond acceptors (Lipinski definition) is 6. The predicted molar refractivity (Wildman–Crippen MR) is 190 cm³/mol. The number of primary amides is 1. The van der Waals surface area contributed by atoms with Gasteiger partial charge in [0, 0.05) is 27.9 Å². The number of hydrogen-bond donors (Lipinski definition) is 7. The van der Waals surface area contributed by atoms with Crippen LogP contribution in [0.1, 0.15) is 83.1 Å². The molecule has 0 saturated heterocycles. The molecule has 50 heavy (non-hydrogen) atoms. The number of carbonyl (C=O) groups is 4. The topological polar surface area (TPSA) is 209 Å². The number of rotatable bonds is 9. The first-order valence-corrected chi connectivity index (χ1v) is 15.6. The predicted octanol–water partition coefficient (Wildman–Crippen LogP) is 6.25. The molecule has 250 valence electrons. The highest BCUT2D eigenvalue weighted by atomic mass is 16.4. The molecule has 0 spiro atoms. The number of nitrogens with two attached hydrogens (primary N) is 2. The van der Waals surface area contributed by atoms with E-state index in [1.807, 2.05) is 48.5 Å². The van der Waals surface area contributed by atoms with Crippen molar-refractivity contribution in [3.63, 3.8) is 0 Å². The van der Waals surface area contributed by atoms with Gasteiger partial charge in [-0.1, -0.05) is 55.5 Å². The van der Waals surface area contributed by atoms with E-state index in [1.165, 1.54) is 36.4 Å². The number of amidine groups is 1. The van der Waals surface area contributed by atoms with Crippen LogP contribution in [0, 0.1) is 5.41 Å². The molecule has 0 fully saturated rings. The van der Waals surface area contributed by atoms with Gasteiger partial charge in [-0.2, -0.15) is 0 Å². The van der Waals surface area contributed by atoms with E-state index in [1.54, 1.807) is 24.3 Å². The zero-order valence-corrected chi connectivity index (χ0v) is 26.9. The van der Waals surface area contributed by atoms with Gasteiger partial charge in [0.2, 0.25) is 5.91 Å². The Morgan fingerprint density at radius 3 is 2.10 bits per heavy atom. The zero-order chi connectivity index (χ0) is 35.7. The molecule has 2 unspecified atom stereocenters. The van der Waals surface area contributed by atoms with Gasteiger partial charge in [0.25, 0.3) is 5.91 Å². The van der Waals surface area contributed by atoms with E-state index in [0.717, 1.165) is 16.8 Å². The monoisotopic (exact) mass is 667 g/mol. The Morgan fingerprint density at radius 2 is 1.44 bits per heavy atom. The van der Waals surface area contributed by atoms with Crippen molar-refractivity contribution in [2.75, 3.05) is 10.6 Å². The van der Waals surface area contributed by atoms with Gasteiger partial charge in [0.05, 0.1) is 22.7 Å². The van der Waals surface area contributed by atoms with Crippen LogP contribution in [-0.4, -0.2) is 39.8 Å². The van der Waals surface area contributed by atoms with Crippen LogP contribution < -0.4 is 22.1 Å². The van der Waals surface area contributed by atoms with Gasteiger partial charge < -0.3 is 32.3 Å². The summed E-state index contributed by atoms with van der Waals surface area (Å²) in [5.74, 6) is -4.04. The standard InChI is InChI=1S/C39H33N5O6/c1-39(25-7-3-2-4-8-25)20-33(44-32-14-12-21(34(40)41)19-31(32)39)24-15-23(27-13-11-22(35(42)45)18-30(27)38(49)50)16-26(17-24)43-36(46)28-9-5-6-10-29(28)37(47)48/h2-19,33,44H,20H2,1H3,(H3,40,41)(H2,42,45)(H,43,46)(H,47,48)(H,49,50). The second kappa shape index (κ2) is 13.0. The fourth-order valence-corrected chi connectivity index (χ4v) is 6.60. The van der Waals surface area contributed by atoms with Gasteiger partial charge in [-0.3, -0.25) is 15.0 Å². The average molecular weight is 668 g/mol. The van der Waals surface area contributed by atoms with Gasteiger partial charge in [-0.25, -0.2) is 9.59 Å². The highest BCUT2D eigenvalue weighted by molar-refractivity contribution is 6.11. The fraction of sp³-hybridized carbons (Fsp3) is 0.103. The molecule has 2 amide bonds. The molecule has 0 radical (unpaired) electrons. The summed E-state index contributed by atoms with van der Waals surface area (Å²) in [5, 5.41) is 34.3. The molecule has 11 heteroatoms. The summed E-state index contributed by atoms with van der Waals surface area (Å²) in [6, 6.07) is 30.3. The maximum absolute atomic E-state index is 13.5. The Kier molecular flexibility index (Phi) is 8.65. The van der Waals surface area contributed by atoms with E-state index in [2.05, 4.69) is 17.6 Å². The normalized spacial score (nSPS) is 16.4. The summed E-state index contributed by atoms with van der Waals surface area (Å²) in [4.78, 5) is 49.8. The molecule has 0 saturated carbocycles. The van der Waals surface area contributed by atoms with Gasteiger partial charge in [0.1, 0.15) is 5.84 Å². The number of fused-ring (bicyclic) bond motifs is 1. The minimum absolute atomic E-state index is 0.0234. The van der Waals surface area contributed by atoms with Crippen molar-refractivity contribution in [2.45, 2.75) is 24.8 Å². The summed E-state index contributed by atoms with van der Waals surface area (Å²) in [5.41, 5.74) is 15.4. The summed E-state index contributed by atoms with van der Waals surface area (Å²) in [6.07, 6.45) is 0.510. The van der Waals surface area contributed by atoms with Crippen molar-refractivity contribution < 1.29 is 29.4 Å². The van der Waals surface area contributed by atoms with Gasteiger partial charge >= 0.3 is 11.9 Å². The fourth-order valence-electron chi connectivity index (χ4n) is 6.60. The molecule has 1 aliphatic heterocycles. The number of carboxylic acids is 2. The highest BCUT2D eigenvalue weighted by Crippen LogP contribution is 2.49. The molecule has 0 aromatic heterocycles. The SMILES string of the molecule is CC1(c2ccccc2)CC(c2cc(NC(=O)c3ccccc3C(=O)O)cc(-c3ccc(C(N)=O)cc3C(=O)O)c2)Nc2ccc(C(=N)N)cc21. The van der Waals surface area contributed by atoms with Gasteiger partial charge in [-0.05, 0) is 94.9 Å². The molecule has 6 rings (SSSR count). The number of benzene rings is 5. The molecule has 1 aliphatic rings. The van der Waals surface area contributed by atoms with Crippen molar-refractivity contribution >= 4 is 41.0 Å². The van der Waals surface area contributed by atoms with Crippen LogP contribution in [0.15, 0.2) is 109 Å². The Morgan fingerprint density at radius 1 is 0.780 bits per heavy atom. The lowest BCUT2D eigenvalue weighted by atomic mass is 9.68.